The minimum atomic E-state index is -0.232. The molecule has 18 heavy (non-hydrogen) atoms. The molecule has 1 aliphatic heterocycles. The highest BCUT2D eigenvalue weighted by molar-refractivity contribution is 5.87. The predicted molar refractivity (Wildman–Crippen MR) is 70.2 cm³/mol. The van der Waals surface area contributed by atoms with Crippen LogP contribution in [0.3, 0.4) is 0 Å². The Hall–Kier alpha value is -2.04. The number of amides is 1. The van der Waals surface area contributed by atoms with E-state index in [9.17, 15) is 4.79 Å². The third kappa shape index (κ3) is 1.54. The van der Waals surface area contributed by atoms with Gasteiger partial charge in [0.05, 0.1) is 11.0 Å². The van der Waals surface area contributed by atoms with Crippen molar-refractivity contribution in [2.45, 2.75) is 25.8 Å². The third-order valence-electron chi connectivity index (χ3n) is 3.51. The Labute approximate surface area is 105 Å². The first-order valence-electron chi connectivity index (χ1n) is 6.19. The van der Waals surface area contributed by atoms with Gasteiger partial charge in [-0.15, -0.1) is 0 Å². The maximum atomic E-state index is 12.0. The zero-order chi connectivity index (χ0) is 12.7. The van der Waals surface area contributed by atoms with Crippen molar-refractivity contribution in [3.63, 3.8) is 0 Å². The van der Waals surface area contributed by atoms with Gasteiger partial charge < -0.3 is 11.1 Å². The van der Waals surface area contributed by atoms with Crippen LogP contribution in [0.25, 0.3) is 11.0 Å². The summed E-state index contributed by atoms with van der Waals surface area (Å²) in [6, 6.07) is 5.66. The van der Waals surface area contributed by atoms with Crippen LogP contribution >= 0.6 is 0 Å². The van der Waals surface area contributed by atoms with Crippen LogP contribution in [0.4, 0.5) is 5.95 Å². The lowest BCUT2D eigenvalue weighted by atomic mass is 10.1. The summed E-state index contributed by atoms with van der Waals surface area (Å²) in [6.45, 7) is 2.77. The zero-order valence-corrected chi connectivity index (χ0v) is 10.3. The Bertz CT molecular complexity index is 617. The van der Waals surface area contributed by atoms with E-state index in [-0.39, 0.29) is 11.9 Å². The summed E-state index contributed by atoms with van der Waals surface area (Å²) in [6.07, 6.45) is 1.79. The van der Waals surface area contributed by atoms with E-state index in [1.54, 1.807) is 0 Å². The number of nitrogens with two attached hydrogens (primary N) is 1. The van der Waals surface area contributed by atoms with Crippen LogP contribution in [-0.2, 0) is 4.79 Å². The molecule has 2 aromatic rings. The van der Waals surface area contributed by atoms with Crippen LogP contribution in [0.2, 0.25) is 0 Å². The molecule has 0 radical (unpaired) electrons. The first kappa shape index (κ1) is 11.1. The molecule has 3 N–H and O–H groups in total. The molecule has 1 atom stereocenters. The maximum Gasteiger partial charge on any atom is 0.243 e. The topological polar surface area (TPSA) is 72.9 Å². The number of aryl methyl sites for hydroxylation is 1. The molecule has 0 spiro atoms. The van der Waals surface area contributed by atoms with Gasteiger partial charge in [-0.3, -0.25) is 9.36 Å². The number of anilines is 1. The summed E-state index contributed by atoms with van der Waals surface area (Å²) in [5.41, 5.74) is 8.90. The number of aromatic nitrogens is 2. The Kier molecular flexibility index (Phi) is 2.47. The minimum Gasteiger partial charge on any atom is -0.369 e. The molecule has 1 fully saturated rings. The van der Waals surface area contributed by atoms with Gasteiger partial charge in [0.15, 0.2) is 0 Å². The number of rotatable bonds is 1. The maximum absolute atomic E-state index is 12.0. The van der Waals surface area contributed by atoms with Gasteiger partial charge in [0, 0.05) is 6.54 Å². The fourth-order valence-corrected chi connectivity index (χ4v) is 2.66. The van der Waals surface area contributed by atoms with E-state index in [2.05, 4.69) is 10.3 Å². The summed E-state index contributed by atoms with van der Waals surface area (Å²) >= 11 is 0. The number of carbonyl (C=O) groups is 1. The number of imidazole rings is 1. The predicted octanol–water partition coefficient (Wildman–Crippen LogP) is 1.38. The van der Waals surface area contributed by atoms with Crippen LogP contribution in [0, 0.1) is 6.92 Å². The number of hydrogen-bond donors (Lipinski definition) is 2. The second-order valence-electron chi connectivity index (χ2n) is 4.73. The van der Waals surface area contributed by atoms with Crippen molar-refractivity contribution < 1.29 is 4.79 Å². The number of hydrogen-bond acceptors (Lipinski definition) is 3. The molecule has 1 aromatic carbocycles. The number of carbonyl (C=O) groups excluding carboxylic acids is 1. The highest BCUT2D eigenvalue weighted by atomic mass is 16.2. The molecule has 1 unspecified atom stereocenters. The van der Waals surface area contributed by atoms with Gasteiger partial charge in [-0.05, 0) is 31.4 Å². The normalized spacial score (nSPS) is 20.1. The van der Waals surface area contributed by atoms with Crippen LogP contribution in [0.1, 0.15) is 24.4 Å². The van der Waals surface area contributed by atoms with Crippen molar-refractivity contribution in [2.75, 3.05) is 12.3 Å². The molecule has 1 saturated heterocycles. The number of piperidine rings is 1. The summed E-state index contributed by atoms with van der Waals surface area (Å²) < 4.78 is 1.87. The molecular weight excluding hydrogens is 228 g/mol. The Morgan fingerprint density at radius 2 is 2.33 bits per heavy atom. The summed E-state index contributed by atoms with van der Waals surface area (Å²) in [5.74, 6) is 0.455. The van der Waals surface area contributed by atoms with Gasteiger partial charge in [0.1, 0.15) is 6.04 Å². The summed E-state index contributed by atoms with van der Waals surface area (Å²) in [5, 5.41) is 2.89. The number of nitrogens with zero attached hydrogens (tertiary/aromatic N) is 2. The van der Waals surface area contributed by atoms with Gasteiger partial charge in [-0.1, -0.05) is 12.1 Å². The largest absolute Gasteiger partial charge is 0.369 e. The smallest absolute Gasteiger partial charge is 0.243 e. The molecule has 1 amide bonds. The minimum absolute atomic E-state index is 0.0375. The molecule has 1 aromatic heterocycles. The monoisotopic (exact) mass is 244 g/mol. The van der Waals surface area contributed by atoms with Gasteiger partial charge in [-0.25, -0.2) is 4.98 Å². The van der Waals surface area contributed by atoms with Crippen molar-refractivity contribution in [3.8, 4) is 0 Å². The molecule has 3 rings (SSSR count). The van der Waals surface area contributed by atoms with E-state index in [4.69, 9.17) is 5.73 Å². The van der Waals surface area contributed by atoms with E-state index in [1.165, 1.54) is 0 Å². The summed E-state index contributed by atoms with van der Waals surface area (Å²) in [7, 11) is 0. The molecule has 1 aliphatic rings. The van der Waals surface area contributed by atoms with Crippen molar-refractivity contribution in [3.05, 3.63) is 23.8 Å². The fourth-order valence-electron chi connectivity index (χ4n) is 2.66. The Morgan fingerprint density at radius 3 is 3.11 bits per heavy atom. The quantitative estimate of drug-likeness (QED) is 0.796. The second-order valence-corrected chi connectivity index (χ2v) is 4.73. The molecule has 5 heteroatoms. The van der Waals surface area contributed by atoms with E-state index < -0.39 is 0 Å². The van der Waals surface area contributed by atoms with Crippen LogP contribution in [0.5, 0.6) is 0 Å². The fraction of sp³-hybridized carbons (Fsp3) is 0.385. The van der Waals surface area contributed by atoms with Gasteiger partial charge in [0.2, 0.25) is 11.9 Å². The zero-order valence-electron chi connectivity index (χ0n) is 10.3. The van der Waals surface area contributed by atoms with Crippen molar-refractivity contribution in [1.29, 1.82) is 0 Å². The lowest BCUT2D eigenvalue weighted by molar-refractivity contribution is -0.125. The van der Waals surface area contributed by atoms with Crippen molar-refractivity contribution in [2.24, 2.45) is 0 Å². The Morgan fingerprint density at radius 1 is 1.50 bits per heavy atom. The number of nitrogen functional groups attached to an aromatic ring is 1. The summed E-state index contributed by atoms with van der Waals surface area (Å²) in [4.78, 5) is 16.3. The van der Waals surface area contributed by atoms with Crippen LogP contribution < -0.4 is 11.1 Å². The highest BCUT2D eigenvalue weighted by Gasteiger charge is 2.27. The van der Waals surface area contributed by atoms with Gasteiger partial charge >= 0.3 is 0 Å². The van der Waals surface area contributed by atoms with E-state index in [0.29, 0.717) is 5.95 Å². The molecule has 94 valence electrons. The Balaban J connectivity index is 2.21. The molecule has 0 bridgehead atoms. The van der Waals surface area contributed by atoms with Crippen LogP contribution in [-0.4, -0.2) is 22.0 Å². The number of nitrogens with one attached hydrogen (secondary N) is 1. The number of benzene rings is 1. The standard InChI is InChI=1S/C13H16N4O/c1-8-4-2-5-9-11(8)17(13(14)16-9)10-6-3-7-15-12(10)18/h2,4-5,10H,3,6-7H2,1H3,(H2,14,16)(H,15,18). The molecule has 0 saturated carbocycles. The SMILES string of the molecule is Cc1cccc2nc(N)n(C3CCCNC3=O)c12. The van der Waals surface area contributed by atoms with Crippen molar-refractivity contribution >= 4 is 22.9 Å². The lowest BCUT2D eigenvalue weighted by Gasteiger charge is -2.24. The number of fused-ring (bicyclic) bond motifs is 1. The molecule has 2 heterocycles. The van der Waals surface area contributed by atoms with E-state index in [1.807, 2.05) is 29.7 Å². The average molecular weight is 244 g/mol. The average Bonchev–Trinajstić information content (AvgIpc) is 2.68. The van der Waals surface area contributed by atoms with E-state index in [0.717, 1.165) is 36.0 Å². The van der Waals surface area contributed by atoms with Crippen LogP contribution in [0.15, 0.2) is 18.2 Å². The van der Waals surface area contributed by atoms with Gasteiger partial charge in [-0.2, -0.15) is 0 Å². The highest BCUT2D eigenvalue weighted by Crippen LogP contribution is 2.29. The first-order valence-corrected chi connectivity index (χ1v) is 6.19. The molecular formula is C13H16N4O. The molecule has 5 nitrogen and oxygen atoms in total. The third-order valence-corrected chi connectivity index (χ3v) is 3.51. The number of para-hydroxylation sites is 1. The lowest BCUT2D eigenvalue weighted by Crippen LogP contribution is -2.38. The second kappa shape index (κ2) is 4.01. The van der Waals surface area contributed by atoms with E-state index >= 15 is 0 Å². The first-order chi connectivity index (χ1) is 8.68. The van der Waals surface area contributed by atoms with Crippen molar-refractivity contribution in [1.82, 2.24) is 14.9 Å². The van der Waals surface area contributed by atoms with Gasteiger partial charge in [0.25, 0.3) is 0 Å². The molecule has 0 aliphatic carbocycles.